The van der Waals surface area contributed by atoms with Crippen LogP contribution in [0.1, 0.15) is 18.5 Å². The summed E-state index contributed by atoms with van der Waals surface area (Å²) in [6, 6.07) is 1.01. The monoisotopic (exact) mass is 174 g/mol. The molecule has 4 heteroatoms. The molecule has 0 spiro atoms. The van der Waals surface area contributed by atoms with Crippen LogP contribution in [-0.4, -0.2) is 4.98 Å². The van der Waals surface area contributed by atoms with Crippen LogP contribution in [0.4, 0.5) is 4.39 Å². The molecule has 0 amide bonds. The lowest BCUT2D eigenvalue weighted by atomic mass is 10.1. The summed E-state index contributed by atoms with van der Waals surface area (Å²) in [5.41, 5.74) is 6.03. The molecule has 0 radical (unpaired) electrons. The van der Waals surface area contributed by atoms with E-state index in [1.54, 1.807) is 6.92 Å². The van der Waals surface area contributed by atoms with Gasteiger partial charge in [-0.25, -0.2) is 9.37 Å². The Bertz CT molecular complexity index is 263. The van der Waals surface area contributed by atoms with Gasteiger partial charge in [0.1, 0.15) is 11.0 Å². The Labute approximate surface area is 69.2 Å². The fraction of sp³-hybridized carbons (Fsp3) is 0.286. The second kappa shape index (κ2) is 3.15. The van der Waals surface area contributed by atoms with Crippen LogP contribution in [0, 0.1) is 5.82 Å². The van der Waals surface area contributed by atoms with Crippen LogP contribution in [0.3, 0.4) is 0 Å². The molecule has 1 heterocycles. The largest absolute Gasteiger partial charge is 0.324 e. The molecule has 0 saturated carbocycles. The molecule has 60 valence electrons. The van der Waals surface area contributed by atoms with Crippen LogP contribution in [-0.2, 0) is 0 Å². The van der Waals surface area contributed by atoms with Crippen LogP contribution in [0.25, 0.3) is 0 Å². The van der Waals surface area contributed by atoms with Crippen LogP contribution in [0.15, 0.2) is 12.3 Å². The smallest absolute Gasteiger partial charge is 0.141 e. The number of pyridine rings is 1. The van der Waals surface area contributed by atoms with E-state index in [9.17, 15) is 4.39 Å². The van der Waals surface area contributed by atoms with Gasteiger partial charge in [0.2, 0.25) is 0 Å². The molecule has 0 unspecified atom stereocenters. The summed E-state index contributed by atoms with van der Waals surface area (Å²) in [5.74, 6) is -0.415. The van der Waals surface area contributed by atoms with Crippen molar-refractivity contribution < 1.29 is 4.39 Å². The molecular weight excluding hydrogens is 167 g/mol. The van der Waals surface area contributed by atoms with Gasteiger partial charge in [-0.05, 0) is 13.0 Å². The minimum atomic E-state index is -0.415. The van der Waals surface area contributed by atoms with Gasteiger partial charge >= 0.3 is 0 Å². The van der Waals surface area contributed by atoms with Crippen molar-refractivity contribution in [1.82, 2.24) is 4.98 Å². The molecule has 0 aromatic carbocycles. The van der Waals surface area contributed by atoms with E-state index < -0.39 is 5.82 Å². The zero-order chi connectivity index (χ0) is 8.43. The molecule has 0 fully saturated rings. The van der Waals surface area contributed by atoms with E-state index in [1.165, 1.54) is 6.07 Å². The van der Waals surface area contributed by atoms with Crippen molar-refractivity contribution in [3.05, 3.63) is 28.8 Å². The number of aromatic nitrogens is 1. The molecule has 1 aromatic heterocycles. The molecule has 2 nitrogen and oxygen atoms in total. The minimum Gasteiger partial charge on any atom is -0.324 e. The summed E-state index contributed by atoms with van der Waals surface area (Å²) in [4.78, 5) is 3.61. The van der Waals surface area contributed by atoms with Gasteiger partial charge < -0.3 is 5.73 Å². The highest BCUT2D eigenvalue weighted by molar-refractivity contribution is 6.30. The second-order valence-electron chi connectivity index (χ2n) is 2.32. The van der Waals surface area contributed by atoms with E-state index >= 15 is 0 Å². The Balaban J connectivity index is 3.13. The van der Waals surface area contributed by atoms with Crippen LogP contribution < -0.4 is 5.73 Å². The average Bonchev–Trinajstić information content (AvgIpc) is 1.94. The van der Waals surface area contributed by atoms with Crippen molar-refractivity contribution in [2.45, 2.75) is 13.0 Å². The third-order valence-electron chi connectivity index (χ3n) is 1.32. The molecule has 1 aromatic rings. The first-order valence-corrected chi connectivity index (χ1v) is 3.55. The molecule has 0 bridgehead atoms. The minimum absolute atomic E-state index is 0.265. The van der Waals surface area contributed by atoms with Crippen LogP contribution >= 0.6 is 11.6 Å². The topological polar surface area (TPSA) is 38.9 Å². The Morgan fingerprint density at radius 1 is 1.73 bits per heavy atom. The molecule has 0 aliphatic heterocycles. The number of nitrogens with zero attached hydrogens (tertiary/aromatic N) is 1. The van der Waals surface area contributed by atoms with Crippen molar-refractivity contribution >= 4 is 11.6 Å². The van der Waals surface area contributed by atoms with E-state index in [2.05, 4.69) is 4.98 Å². The summed E-state index contributed by atoms with van der Waals surface area (Å²) in [5, 5.41) is 0.265. The van der Waals surface area contributed by atoms with Crippen LogP contribution in [0.5, 0.6) is 0 Å². The predicted octanol–water partition coefficient (Wildman–Crippen LogP) is 1.89. The zero-order valence-corrected chi connectivity index (χ0v) is 6.77. The molecule has 11 heavy (non-hydrogen) atoms. The van der Waals surface area contributed by atoms with Gasteiger partial charge in [-0.2, -0.15) is 0 Å². The van der Waals surface area contributed by atoms with Crippen molar-refractivity contribution in [2.75, 3.05) is 0 Å². The lowest BCUT2D eigenvalue weighted by molar-refractivity contribution is 0.615. The van der Waals surface area contributed by atoms with E-state index in [0.29, 0.717) is 5.56 Å². The molecule has 0 saturated heterocycles. The standard InChI is InChI=1S/C7H8ClFN2/c1-4(10)6-2-5(9)3-11-7(6)8/h2-4H,10H2,1H3/t4-/m0/s1. The van der Waals surface area contributed by atoms with E-state index in [0.717, 1.165) is 6.20 Å². The first-order valence-electron chi connectivity index (χ1n) is 3.18. The van der Waals surface area contributed by atoms with Crippen molar-refractivity contribution in [1.29, 1.82) is 0 Å². The predicted molar refractivity (Wildman–Crippen MR) is 41.8 cm³/mol. The lowest BCUT2D eigenvalue weighted by Gasteiger charge is -2.05. The van der Waals surface area contributed by atoms with Gasteiger partial charge in [-0.15, -0.1) is 0 Å². The Morgan fingerprint density at radius 3 is 2.82 bits per heavy atom. The van der Waals surface area contributed by atoms with Gasteiger partial charge in [0.25, 0.3) is 0 Å². The number of hydrogen-bond acceptors (Lipinski definition) is 2. The maximum absolute atomic E-state index is 12.5. The van der Waals surface area contributed by atoms with Gasteiger partial charge in [-0.1, -0.05) is 11.6 Å². The SMILES string of the molecule is C[C@H](N)c1cc(F)cnc1Cl. The average molecular weight is 175 g/mol. The van der Waals surface area contributed by atoms with Crippen molar-refractivity contribution in [3.63, 3.8) is 0 Å². The van der Waals surface area contributed by atoms with Gasteiger partial charge in [0.05, 0.1) is 6.20 Å². The highest BCUT2D eigenvalue weighted by Crippen LogP contribution is 2.18. The number of nitrogens with two attached hydrogens (primary N) is 1. The summed E-state index contributed by atoms with van der Waals surface area (Å²) < 4.78 is 12.5. The van der Waals surface area contributed by atoms with E-state index in [1.807, 2.05) is 0 Å². The van der Waals surface area contributed by atoms with Crippen molar-refractivity contribution in [2.24, 2.45) is 5.73 Å². The zero-order valence-electron chi connectivity index (χ0n) is 6.01. The number of rotatable bonds is 1. The molecule has 1 rings (SSSR count). The summed E-state index contributed by atoms with van der Waals surface area (Å²) in [6.07, 6.45) is 1.06. The normalized spacial score (nSPS) is 13.1. The maximum atomic E-state index is 12.5. The van der Waals surface area contributed by atoms with Gasteiger partial charge in [0.15, 0.2) is 0 Å². The molecular formula is C7H8ClFN2. The second-order valence-corrected chi connectivity index (χ2v) is 2.68. The fourth-order valence-electron chi connectivity index (χ4n) is 0.758. The lowest BCUT2D eigenvalue weighted by Crippen LogP contribution is -2.06. The Kier molecular flexibility index (Phi) is 2.42. The fourth-order valence-corrected chi connectivity index (χ4v) is 1.03. The summed E-state index contributed by atoms with van der Waals surface area (Å²) in [7, 11) is 0. The van der Waals surface area contributed by atoms with Gasteiger partial charge in [0, 0.05) is 11.6 Å². The third-order valence-corrected chi connectivity index (χ3v) is 1.64. The van der Waals surface area contributed by atoms with E-state index in [4.69, 9.17) is 17.3 Å². The third kappa shape index (κ3) is 1.88. The van der Waals surface area contributed by atoms with Crippen molar-refractivity contribution in [3.8, 4) is 0 Å². The Hall–Kier alpha value is -0.670. The quantitative estimate of drug-likeness (QED) is 0.661. The highest BCUT2D eigenvalue weighted by Gasteiger charge is 2.06. The summed E-state index contributed by atoms with van der Waals surface area (Å²) >= 11 is 5.63. The molecule has 2 N–H and O–H groups in total. The highest BCUT2D eigenvalue weighted by atomic mass is 35.5. The first kappa shape index (κ1) is 8.43. The summed E-state index contributed by atoms with van der Waals surface area (Å²) in [6.45, 7) is 1.72. The molecule has 0 aliphatic rings. The van der Waals surface area contributed by atoms with Crippen LogP contribution in [0.2, 0.25) is 5.15 Å². The van der Waals surface area contributed by atoms with E-state index in [-0.39, 0.29) is 11.2 Å². The molecule has 0 aliphatic carbocycles. The Morgan fingerprint density at radius 2 is 2.36 bits per heavy atom. The number of hydrogen-bond donors (Lipinski definition) is 1. The number of halogens is 2. The maximum Gasteiger partial charge on any atom is 0.141 e. The van der Waals surface area contributed by atoms with Gasteiger partial charge in [-0.3, -0.25) is 0 Å². The first-order chi connectivity index (χ1) is 5.11. The molecule has 1 atom stereocenters.